The van der Waals surface area contributed by atoms with Crippen molar-refractivity contribution in [3.05, 3.63) is 50.7 Å². The van der Waals surface area contributed by atoms with Crippen molar-refractivity contribution in [2.45, 2.75) is 46.0 Å². The van der Waals surface area contributed by atoms with Crippen LogP contribution in [0.15, 0.2) is 24.3 Å². The van der Waals surface area contributed by atoms with Crippen LogP contribution >= 0.6 is 11.3 Å². The van der Waals surface area contributed by atoms with Crippen LogP contribution in [0.5, 0.6) is 5.75 Å². The summed E-state index contributed by atoms with van der Waals surface area (Å²) in [6, 6.07) is 6.79. The molecule has 0 saturated carbocycles. The number of carboxylic acids is 1. The molecule has 0 amide bonds. The summed E-state index contributed by atoms with van der Waals surface area (Å²) in [5.41, 5.74) is 2.08. The van der Waals surface area contributed by atoms with E-state index in [-0.39, 0.29) is 23.5 Å². The van der Waals surface area contributed by atoms with E-state index in [0.717, 1.165) is 10.4 Å². The van der Waals surface area contributed by atoms with Gasteiger partial charge in [0.25, 0.3) is 0 Å². The van der Waals surface area contributed by atoms with Gasteiger partial charge in [-0.25, -0.2) is 4.79 Å². The molecule has 0 aliphatic rings. The van der Waals surface area contributed by atoms with Crippen LogP contribution in [0.2, 0.25) is 0 Å². The van der Waals surface area contributed by atoms with Gasteiger partial charge in [-0.3, -0.25) is 4.79 Å². The summed E-state index contributed by atoms with van der Waals surface area (Å²) in [5, 5.41) is 9.14. The Morgan fingerprint density at radius 1 is 1.12 bits per heavy atom. The Labute approximate surface area is 152 Å². The van der Waals surface area contributed by atoms with E-state index in [2.05, 4.69) is 27.7 Å². The molecule has 2 aromatic rings. The van der Waals surface area contributed by atoms with Crippen LogP contribution in [0.1, 0.15) is 75.6 Å². The quantitative estimate of drug-likeness (QED) is 0.696. The van der Waals surface area contributed by atoms with Crippen molar-refractivity contribution in [1.82, 2.24) is 0 Å². The maximum Gasteiger partial charge on any atom is 0.339 e. The van der Waals surface area contributed by atoms with Crippen LogP contribution in [0.4, 0.5) is 0 Å². The number of thiophene rings is 1. The van der Waals surface area contributed by atoms with Crippen LogP contribution in [0.3, 0.4) is 0 Å². The Hall–Kier alpha value is -2.14. The number of Topliss-reactive ketones (excluding diaryl/α,β-unsaturated/α-hetero) is 1. The molecule has 5 heteroatoms. The van der Waals surface area contributed by atoms with Crippen molar-refractivity contribution < 1.29 is 19.4 Å². The molecule has 0 fully saturated rings. The monoisotopic (exact) mass is 360 g/mol. The second kappa shape index (κ2) is 7.83. The number of hydrogen-bond acceptors (Lipinski definition) is 4. The van der Waals surface area contributed by atoms with Crippen molar-refractivity contribution in [1.29, 1.82) is 0 Å². The van der Waals surface area contributed by atoms with E-state index in [1.165, 1.54) is 23.6 Å². The van der Waals surface area contributed by atoms with Crippen molar-refractivity contribution in [3.8, 4) is 5.75 Å². The van der Waals surface area contributed by atoms with E-state index < -0.39 is 5.97 Å². The summed E-state index contributed by atoms with van der Waals surface area (Å²) in [6.07, 6.45) is 0.228. The Kier molecular flexibility index (Phi) is 6.01. The van der Waals surface area contributed by atoms with Crippen molar-refractivity contribution in [2.75, 3.05) is 7.11 Å². The third kappa shape index (κ3) is 4.28. The van der Waals surface area contributed by atoms with E-state index in [1.807, 2.05) is 6.07 Å². The molecule has 2 rings (SSSR count). The minimum Gasteiger partial charge on any atom is -0.496 e. The standard InChI is InChI=1S/C20H24O4S/c1-11(2)15-10-18(25-19(15)12(3)4)16(21)8-13-6-7-14(20(22)23)17(9-13)24-5/h6-7,9-12H,8H2,1-5H3,(H,22,23). The highest BCUT2D eigenvalue weighted by Gasteiger charge is 2.19. The Morgan fingerprint density at radius 3 is 2.28 bits per heavy atom. The molecule has 4 nitrogen and oxygen atoms in total. The molecule has 0 saturated heterocycles. The topological polar surface area (TPSA) is 63.6 Å². The molecule has 0 aliphatic heterocycles. The number of ketones is 1. The SMILES string of the molecule is COc1cc(CC(=O)c2cc(C(C)C)c(C(C)C)s2)ccc1C(=O)O. The van der Waals surface area contributed by atoms with Gasteiger partial charge in [0, 0.05) is 11.3 Å². The lowest BCUT2D eigenvalue weighted by molar-refractivity contribution is 0.0693. The summed E-state index contributed by atoms with van der Waals surface area (Å²) >= 11 is 1.57. The first kappa shape index (κ1) is 19.2. The van der Waals surface area contributed by atoms with Crippen molar-refractivity contribution in [3.63, 3.8) is 0 Å². The first-order valence-electron chi connectivity index (χ1n) is 8.31. The molecular formula is C20H24O4S. The number of aromatic carboxylic acids is 1. The fourth-order valence-electron chi connectivity index (χ4n) is 2.75. The van der Waals surface area contributed by atoms with Gasteiger partial charge in [0.2, 0.25) is 0 Å². The van der Waals surface area contributed by atoms with Gasteiger partial charge in [-0.15, -0.1) is 11.3 Å². The molecule has 0 radical (unpaired) electrons. The molecule has 1 aromatic heterocycles. The molecule has 134 valence electrons. The van der Waals surface area contributed by atoms with Crippen LogP contribution in [0, 0.1) is 0 Å². The van der Waals surface area contributed by atoms with Gasteiger partial charge < -0.3 is 9.84 Å². The van der Waals surface area contributed by atoms with Crippen molar-refractivity contribution in [2.24, 2.45) is 0 Å². The van der Waals surface area contributed by atoms with Crippen LogP contribution in [-0.2, 0) is 6.42 Å². The fraction of sp³-hybridized carbons (Fsp3) is 0.400. The summed E-state index contributed by atoms with van der Waals surface area (Å²) < 4.78 is 5.13. The predicted octanol–water partition coefficient (Wildman–Crippen LogP) is 5.13. The van der Waals surface area contributed by atoms with E-state index in [0.29, 0.717) is 11.8 Å². The number of carbonyl (C=O) groups excluding carboxylic acids is 1. The lowest BCUT2D eigenvalue weighted by atomic mass is 9.98. The summed E-state index contributed by atoms with van der Waals surface area (Å²) in [7, 11) is 1.43. The second-order valence-electron chi connectivity index (χ2n) is 6.68. The highest BCUT2D eigenvalue weighted by molar-refractivity contribution is 7.14. The zero-order valence-corrected chi connectivity index (χ0v) is 16.1. The largest absolute Gasteiger partial charge is 0.496 e. The van der Waals surface area contributed by atoms with Gasteiger partial charge in [0.15, 0.2) is 5.78 Å². The molecule has 0 spiro atoms. The fourth-order valence-corrected chi connectivity index (χ4v) is 4.01. The van der Waals surface area contributed by atoms with Gasteiger partial charge in [-0.1, -0.05) is 33.8 Å². The minimum absolute atomic E-state index is 0.0453. The smallest absolute Gasteiger partial charge is 0.339 e. The minimum atomic E-state index is -1.05. The van der Waals surface area contributed by atoms with Gasteiger partial charge in [-0.05, 0) is 41.2 Å². The lowest BCUT2D eigenvalue weighted by Gasteiger charge is -2.08. The van der Waals surface area contributed by atoms with E-state index in [4.69, 9.17) is 9.84 Å². The molecule has 0 atom stereocenters. The molecule has 1 aromatic carbocycles. The van der Waals surface area contributed by atoms with Gasteiger partial charge in [-0.2, -0.15) is 0 Å². The number of hydrogen-bond donors (Lipinski definition) is 1. The first-order chi connectivity index (χ1) is 11.7. The second-order valence-corrected chi connectivity index (χ2v) is 7.76. The summed E-state index contributed by atoms with van der Waals surface area (Å²) in [4.78, 5) is 25.9. The average Bonchev–Trinajstić information content (AvgIpc) is 3.00. The highest BCUT2D eigenvalue weighted by Crippen LogP contribution is 2.34. The van der Waals surface area contributed by atoms with Crippen molar-refractivity contribution >= 4 is 23.1 Å². The molecule has 0 unspecified atom stereocenters. The zero-order chi connectivity index (χ0) is 18.7. The van der Waals surface area contributed by atoms with Gasteiger partial charge >= 0.3 is 5.97 Å². The van der Waals surface area contributed by atoms with Crippen LogP contribution < -0.4 is 4.74 Å². The molecule has 1 N–H and O–H groups in total. The lowest BCUT2D eigenvalue weighted by Crippen LogP contribution is -2.04. The average molecular weight is 360 g/mol. The molecule has 0 bridgehead atoms. The summed E-state index contributed by atoms with van der Waals surface area (Å²) in [6.45, 7) is 8.55. The van der Waals surface area contributed by atoms with E-state index in [1.54, 1.807) is 23.5 Å². The van der Waals surface area contributed by atoms with Crippen LogP contribution in [0.25, 0.3) is 0 Å². The first-order valence-corrected chi connectivity index (χ1v) is 9.13. The van der Waals surface area contributed by atoms with E-state index in [9.17, 15) is 9.59 Å². The molecule has 25 heavy (non-hydrogen) atoms. The maximum absolute atomic E-state index is 12.7. The highest BCUT2D eigenvalue weighted by atomic mass is 32.1. The maximum atomic E-state index is 12.7. The number of benzene rings is 1. The Balaban J connectivity index is 2.28. The normalized spacial score (nSPS) is 11.2. The van der Waals surface area contributed by atoms with E-state index >= 15 is 0 Å². The number of carboxylic acid groups (broad SMARTS) is 1. The third-order valence-electron chi connectivity index (χ3n) is 4.07. The molecular weight excluding hydrogens is 336 g/mol. The number of carbonyl (C=O) groups is 2. The van der Waals surface area contributed by atoms with Gasteiger partial charge in [0.05, 0.1) is 12.0 Å². The molecule has 1 heterocycles. The van der Waals surface area contributed by atoms with Gasteiger partial charge in [0.1, 0.15) is 11.3 Å². The zero-order valence-electron chi connectivity index (χ0n) is 15.3. The third-order valence-corrected chi connectivity index (χ3v) is 5.57. The predicted molar refractivity (Wildman–Crippen MR) is 100 cm³/mol. The number of ether oxygens (including phenoxy) is 1. The number of rotatable bonds is 7. The summed E-state index contributed by atoms with van der Waals surface area (Å²) in [5.74, 6) is 0.0406. The molecule has 0 aliphatic carbocycles. The van der Waals surface area contributed by atoms with Crippen LogP contribution in [-0.4, -0.2) is 24.0 Å². The Morgan fingerprint density at radius 2 is 1.80 bits per heavy atom. The number of methoxy groups -OCH3 is 1. The Bertz CT molecular complexity index is 761.